The number of aromatic nitrogens is 1. The van der Waals surface area contributed by atoms with Gasteiger partial charge >= 0.3 is 0 Å². The van der Waals surface area contributed by atoms with E-state index < -0.39 is 0 Å². The number of nitrogens with zero attached hydrogens (tertiary/aromatic N) is 1. The van der Waals surface area contributed by atoms with Gasteiger partial charge in [-0.05, 0) is 18.2 Å². The third-order valence-electron chi connectivity index (χ3n) is 3.15. The molecule has 118 valence electrons. The van der Waals surface area contributed by atoms with Gasteiger partial charge in [-0.1, -0.05) is 59.8 Å². The lowest BCUT2D eigenvalue weighted by atomic mass is 10.2. The summed E-state index contributed by atoms with van der Waals surface area (Å²) in [5.41, 5.74) is 2.22. The third kappa shape index (κ3) is 4.23. The summed E-state index contributed by atoms with van der Waals surface area (Å²) < 4.78 is 0. The zero-order valence-electron chi connectivity index (χ0n) is 12.6. The van der Waals surface area contributed by atoms with Crippen molar-refractivity contribution in [3.63, 3.8) is 0 Å². The first-order valence-electron chi connectivity index (χ1n) is 7.26. The summed E-state index contributed by atoms with van der Waals surface area (Å²) in [6.07, 6.45) is 0. The van der Waals surface area contributed by atoms with Gasteiger partial charge in [0.15, 0.2) is 0 Å². The summed E-state index contributed by atoms with van der Waals surface area (Å²) in [5, 5.41) is 5.96. The molecular formula is C19H13ClN2OS. The lowest BCUT2D eigenvalue weighted by molar-refractivity contribution is 0.0954. The van der Waals surface area contributed by atoms with Crippen molar-refractivity contribution in [3.05, 3.63) is 76.3 Å². The molecule has 0 aliphatic carbocycles. The van der Waals surface area contributed by atoms with Crippen LogP contribution in [0.5, 0.6) is 0 Å². The van der Waals surface area contributed by atoms with Crippen LogP contribution in [-0.2, 0) is 0 Å². The number of hydrogen-bond donors (Lipinski definition) is 1. The van der Waals surface area contributed by atoms with E-state index in [-0.39, 0.29) is 12.5 Å². The van der Waals surface area contributed by atoms with E-state index in [0.717, 1.165) is 16.1 Å². The number of carbonyl (C=O) groups excluding carboxylic acids is 1. The minimum atomic E-state index is -0.228. The van der Waals surface area contributed by atoms with E-state index in [1.807, 2.05) is 42.5 Å². The highest BCUT2D eigenvalue weighted by Gasteiger charge is 2.10. The molecule has 1 heterocycles. The Hall–Kier alpha value is -2.61. The molecule has 3 nitrogen and oxygen atoms in total. The summed E-state index contributed by atoms with van der Waals surface area (Å²) in [6, 6.07) is 17.1. The van der Waals surface area contributed by atoms with E-state index in [2.05, 4.69) is 22.1 Å². The Labute approximate surface area is 149 Å². The highest BCUT2D eigenvalue weighted by atomic mass is 35.5. The van der Waals surface area contributed by atoms with Crippen LogP contribution in [0.4, 0.5) is 0 Å². The van der Waals surface area contributed by atoms with E-state index in [0.29, 0.717) is 10.7 Å². The monoisotopic (exact) mass is 352 g/mol. The Kier molecular flexibility index (Phi) is 5.27. The van der Waals surface area contributed by atoms with Crippen molar-refractivity contribution in [1.29, 1.82) is 0 Å². The molecule has 0 unspecified atom stereocenters. The second kappa shape index (κ2) is 7.78. The number of rotatable bonds is 3. The topological polar surface area (TPSA) is 42.0 Å². The quantitative estimate of drug-likeness (QED) is 0.716. The molecule has 0 atom stereocenters. The number of carbonyl (C=O) groups is 1. The van der Waals surface area contributed by atoms with Crippen LogP contribution in [0.3, 0.4) is 0 Å². The highest BCUT2D eigenvalue weighted by molar-refractivity contribution is 7.13. The second-order valence-electron chi connectivity index (χ2n) is 4.90. The molecule has 3 aromatic rings. The smallest absolute Gasteiger partial charge is 0.271 e. The molecule has 2 aromatic carbocycles. The Morgan fingerprint density at radius 1 is 1.17 bits per heavy atom. The maximum absolute atomic E-state index is 12.1. The van der Waals surface area contributed by atoms with Gasteiger partial charge < -0.3 is 5.32 Å². The minimum absolute atomic E-state index is 0.228. The molecule has 1 aromatic heterocycles. The van der Waals surface area contributed by atoms with Crippen LogP contribution in [0.15, 0.2) is 60.0 Å². The predicted octanol–water partition coefficient (Wildman–Crippen LogP) is 4.25. The number of nitrogens with one attached hydrogen (secondary N) is 1. The van der Waals surface area contributed by atoms with Crippen molar-refractivity contribution in [2.24, 2.45) is 0 Å². The van der Waals surface area contributed by atoms with Gasteiger partial charge in [-0.2, -0.15) is 0 Å². The largest absolute Gasteiger partial charge is 0.340 e. The number of amides is 1. The highest BCUT2D eigenvalue weighted by Crippen LogP contribution is 2.23. The first kappa shape index (κ1) is 16.3. The van der Waals surface area contributed by atoms with E-state index in [1.54, 1.807) is 17.5 Å². The normalized spacial score (nSPS) is 9.88. The summed E-state index contributed by atoms with van der Waals surface area (Å²) in [6.45, 7) is 0.254. The van der Waals surface area contributed by atoms with E-state index in [9.17, 15) is 4.79 Å². The van der Waals surface area contributed by atoms with Crippen LogP contribution >= 0.6 is 22.9 Å². The fourth-order valence-electron chi connectivity index (χ4n) is 2.02. The molecule has 0 radical (unpaired) electrons. The molecule has 0 saturated carbocycles. The van der Waals surface area contributed by atoms with Crippen LogP contribution in [-0.4, -0.2) is 17.4 Å². The Bertz CT molecular complexity index is 910. The van der Waals surface area contributed by atoms with Gasteiger partial charge in [-0.25, -0.2) is 4.98 Å². The van der Waals surface area contributed by atoms with Gasteiger partial charge in [0.1, 0.15) is 10.7 Å². The molecule has 0 aliphatic heterocycles. The van der Waals surface area contributed by atoms with Crippen molar-refractivity contribution >= 4 is 28.8 Å². The van der Waals surface area contributed by atoms with Gasteiger partial charge in [0.05, 0.1) is 6.54 Å². The Morgan fingerprint density at radius 2 is 2.00 bits per heavy atom. The molecule has 1 amide bonds. The van der Waals surface area contributed by atoms with Gasteiger partial charge in [0, 0.05) is 21.5 Å². The van der Waals surface area contributed by atoms with Gasteiger partial charge in [0.2, 0.25) is 0 Å². The molecule has 0 fully saturated rings. The van der Waals surface area contributed by atoms with Crippen molar-refractivity contribution in [2.45, 2.75) is 0 Å². The molecule has 24 heavy (non-hydrogen) atoms. The summed E-state index contributed by atoms with van der Waals surface area (Å²) >= 11 is 7.34. The average molecular weight is 353 g/mol. The number of benzene rings is 2. The van der Waals surface area contributed by atoms with Crippen molar-refractivity contribution < 1.29 is 4.79 Å². The van der Waals surface area contributed by atoms with Crippen LogP contribution in [0.1, 0.15) is 16.1 Å². The molecule has 0 aliphatic rings. The van der Waals surface area contributed by atoms with Crippen LogP contribution in [0.2, 0.25) is 5.02 Å². The summed E-state index contributed by atoms with van der Waals surface area (Å²) in [7, 11) is 0. The first-order valence-corrected chi connectivity index (χ1v) is 8.52. The van der Waals surface area contributed by atoms with Crippen molar-refractivity contribution in [1.82, 2.24) is 10.3 Å². The van der Waals surface area contributed by atoms with Crippen molar-refractivity contribution in [2.75, 3.05) is 6.54 Å². The van der Waals surface area contributed by atoms with E-state index in [1.165, 1.54) is 11.3 Å². The molecule has 3 rings (SSSR count). The standard InChI is InChI=1S/C19H13ClN2OS/c20-16-10-4-6-14(12-16)7-5-11-21-18(23)17-13-24-19(22-17)15-8-2-1-3-9-15/h1-4,6,8-10,12-13H,11H2,(H,21,23). The third-order valence-corrected chi connectivity index (χ3v) is 4.28. The molecular weight excluding hydrogens is 340 g/mol. The number of halogens is 1. The van der Waals surface area contributed by atoms with E-state index >= 15 is 0 Å². The molecule has 0 spiro atoms. The zero-order valence-corrected chi connectivity index (χ0v) is 14.2. The number of hydrogen-bond acceptors (Lipinski definition) is 3. The summed E-state index contributed by atoms with van der Waals surface area (Å²) in [5.74, 6) is 5.63. The summed E-state index contributed by atoms with van der Waals surface area (Å²) in [4.78, 5) is 16.5. The maximum atomic E-state index is 12.1. The van der Waals surface area contributed by atoms with Crippen molar-refractivity contribution in [3.8, 4) is 22.4 Å². The average Bonchev–Trinajstić information content (AvgIpc) is 3.10. The van der Waals surface area contributed by atoms with E-state index in [4.69, 9.17) is 11.6 Å². The lowest BCUT2D eigenvalue weighted by Gasteiger charge is -1.97. The minimum Gasteiger partial charge on any atom is -0.340 e. The van der Waals surface area contributed by atoms with Crippen LogP contribution < -0.4 is 5.32 Å². The lowest BCUT2D eigenvalue weighted by Crippen LogP contribution is -2.23. The Morgan fingerprint density at radius 3 is 2.79 bits per heavy atom. The molecule has 0 saturated heterocycles. The fraction of sp³-hybridized carbons (Fsp3) is 0.0526. The first-order chi connectivity index (χ1) is 11.7. The fourth-order valence-corrected chi connectivity index (χ4v) is 3.02. The molecule has 1 N–H and O–H groups in total. The van der Waals surface area contributed by atoms with Crippen LogP contribution in [0, 0.1) is 11.8 Å². The zero-order chi connectivity index (χ0) is 16.8. The predicted molar refractivity (Wildman–Crippen MR) is 98.2 cm³/mol. The van der Waals surface area contributed by atoms with Gasteiger partial charge in [-0.15, -0.1) is 11.3 Å². The van der Waals surface area contributed by atoms with Crippen LogP contribution in [0.25, 0.3) is 10.6 Å². The molecule has 5 heteroatoms. The Balaban J connectivity index is 1.59. The molecule has 0 bridgehead atoms. The second-order valence-corrected chi connectivity index (χ2v) is 6.19. The SMILES string of the molecule is O=C(NCC#Cc1cccc(Cl)c1)c1csc(-c2ccccc2)n1. The number of thiazole rings is 1. The maximum Gasteiger partial charge on any atom is 0.271 e. The van der Waals surface area contributed by atoms with Gasteiger partial charge in [0.25, 0.3) is 5.91 Å². The van der Waals surface area contributed by atoms with Gasteiger partial charge in [-0.3, -0.25) is 4.79 Å².